The van der Waals surface area contributed by atoms with Crippen LogP contribution in [0.1, 0.15) is 10.4 Å². The number of carbonyl (C=O) groups is 2. The van der Waals surface area contributed by atoms with Crippen molar-refractivity contribution in [1.82, 2.24) is 9.78 Å². The summed E-state index contributed by atoms with van der Waals surface area (Å²) in [5.74, 6) is -1.78. The molecule has 0 aliphatic carbocycles. The van der Waals surface area contributed by atoms with E-state index < -0.39 is 17.7 Å². The van der Waals surface area contributed by atoms with E-state index in [0.717, 1.165) is 0 Å². The maximum Gasteiger partial charge on any atom is 0.339 e. The van der Waals surface area contributed by atoms with Crippen LogP contribution in [0.2, 0.25) is 0 Å². The Bertz CT molecular complexity index is 665. The summed E-state index contributed by atoms with van der Waals surface area (Å²) in [6.45, 7) is 0. The number of hydrogen-bond donors (Lipinski definition) is 4. The molecule has 0 saturated carbocycles. The third-order valence-corrected chi connectivity index (χ3v) is 2.48. The number of carbonyl (C=O) groups excluding carboxylic acids is 1. The van der Waals surface area contributed by atoms with Crippen LogP contribution in [0.5, 0.6) is 5.75 Å². The molecule has 8 heteroatoms. The van der Waals surface area contributed by atoms with Gasteiger partial charge in [0.1, 0.15) is 5.56 Å². The van der Waals surface area contributed by atoms with E-state index in [-0.39, 0.29) is 11.3 Å². The highest BCUT2D eigenvalue weighted by Crippen LogP contribution is 2.27. The number of urea groups is 1. The van der Waals surface area contributed by atoms with E-state index in [1.165, 1.54) is 29.1 Å². The lowest BCUT2D eigenvalue weighted by molar-refractivity contribution is 0.0694. The molecule has 0 aliphatic heterocycles. The van der Waals surface area contributed by atoms with Gasteiger partial charge in [-0.1, -0.05) is 6.07 Å². The van der Waals surface area contributed by atoms with Crippen molar-refractivity contribution in [2.75, 3.05) is 10.6 Å². The number of phenols is 1. The number of carboxylic acids is 1. The molecular formula is C12H12N4O4. The molecule has 1 heterocycles. The van der Waals surface area contributed by atoms with Crippen molar-refractivity contribution >= 4 is 23.4 Å². The van der Waals surface area contributed by atoms with Crippen LogP contribution in [0, 0.1) is 0 Å². The average Bonchev–Trinajstić information content (AvgIpc) is 2.77. The molecule has 0 unspecified atom stereocenters. The van der Waals surface area contributed by atoms with Gasteiger partial charge in [-0.05, 0) is 12.1 Å². The van der Waals surface area contributed by atoms with Crippen LogP contribution in [0.25, 0.3) is 0 Å². The fourth-order valence-corrected chi connectivity index (χ4v) is 1.59. The number of aromatic hydroxyl groups is 1. The van der Waals surface area contributed by atoms with Crippen molar-refractivity contribution in [1.29, 1.82) is 0 Å². The second-order valence-electron chi connectivity index (χ2n) is 3.99. The maximum atomic E-state index is 11.7. The number of benzene rings is 1. The predicted octanol–water partition coefficient (Wildman–Crippen LogP) is 1.47. The Morgan fingerprint density at radius 3 is 2.65 bits per heavy atom. The topological polar surface area (TPSA) is 116 Å². The summed E-state index contributed by atoms with van der Waals surface area (Å²) in [6.07, 6.45) is 3.04. The first kappa shape index (κ1) is 13.4. The van der Waals surface area contributed by atoms with Crippen LogP contribution in [0.15, 0.2) is 30.6 Å². The first-order chi connectivity index (χ1) is 9.47. The van der Waals surface area contributed by atoms with Crippen LogP contribution in [-0.4, -0.2) is 32.0 Å². The van der Waals surface area contributed by atoms with Crippen LogP contribution in [0.3, 0.4) is 0 Å². The van der Waals surface area contributed by atoms with E-state index in [1.807, 2.05) is 0 Å². The van der Waals surface area contributed by atoms with Crippen LogP contribution in [-0.2, 0) is 7.05 Å². The highest BCUT2D eigenvalue weighted by atomic mass is 16.4. The number of anilines is 2. The molecule has 0 spiro atoms. The Morgan fingerprint density at radius 2 is 2.05 bits per heavy atom. The van der Waals surface area contributed by atoms with E-state index in [4.69, 9.17) is 5.11 Å². The number of rotatable bonds is 3. The summed E-state index contributed by atoms with van der Waals surface area (Å²) in [7, 11) is 1.70. The van der Waals surface area contributed by atoms with Gasteiger partial charge in [0.2, 0.25) is 0 Å². The number of hydrogen-bond acceptors (Lipinski definition) is 4. The molecule has 4 N–H and O–H groups in total. The van der Waals surface area contributed by atoms with Crippen molar-refractivity contribution in [3.05, 3.63) is 36.2 Å². The molecule has 1 aromatic carbocycles. The van der Waals surface area contributed by atoms with Crippen LogP contribution < -0.4 is 10.6 Å². The number of aromatic nitrogens is 2. The molecule has 0 aliphatic rings. The SMILES string of the molecule is Cn1cc(NC(=O)Nc2cccc(C(=O)O)c2O)cn1. The molecule has 20 heavy (non-hydrogen) atoms. The molecule has 0 bridgehead atoms. The van der Waals surface area contributed by atoms with E-state index in [9.17, 15) is 14.7 Å². The van der Waals surface area contributed by atoms with Crippen molar-refractivity contribution in [2.45, 2.75) is 0 Å². The lowest BCUT2D eigenvalue weighted by atomic mass is 10.2. The van der Waals surface area contributed by atoms with Crippen molar-refractivity contribution < 1.29 is 19.8 Å². The van der Waals surface area contributed by atoms with Gasteiger partial charge in [0, 0.05) is 13.2 Å². The van der Waals surface area contributed by atoms with Gasteiger partial charge in [-0.15, -0.1) is 0 Å². The second kappa shape index (κ2) is 5.31. The zero-order chi connectivity index (χ0) is 14.7. The Morgan fingerprint density at radius 1 is 1.30 bits per heavy atom. The number of para-hydroxylation sites is 1. The minimum absolute atomic E-state index is 0.00582. The minimum atomic E-state index is -1.28. The summed E-state index contributed by atoms with van der Waals surface area (Å²) in [6, 6.07) is 3.44. The van der Waals surface area contributed by atoms with Gasteiger partial charge in [-0.25, -0.2) is 9.59 Å². The Kier molecular flexibility index (Phi) is 3.56. The Hall–Kier alpha value is -3.03. The van der Waals surface area contributed by atoms with Gasteiger partial charge in [0.15, 0.2) is 5.75 Å². The predicted molar refractivity (Wildman–Crippen MR) is 70.9 cm³/mol. The van der Waals surface area contributed by atoms with Crippen molar-refractivity contribution in [3.8, 4) is 5.75 Å². The normalized spacial score (nSPS) is 10.1. The molecule has 2 amide bonds. The monoisotopic (exact) mass is 276 g/mol. The third-order valence-electron chi connectivity index (χ3n) is 2.48. The van der Waals surface area contributed by atoms with Crippen molar-refractivity contribution in [2.24, 2.45) is 7.05 Å². The summed E-state index contributed by atoms with van der Waals surface area (Å²) < 4.78 is 1.51. The molecule has 0 fully saturated rings. The van der Waals surface area contributed by atoms with E-state index in [0.29, 0.717) is 5.69 Å². The first-order valence-corrected chi connectivity index (χ1v) is 5.59. The van der Waals surface area contributed by atoms with Crippen LogP contribution >= 0.6 is 0 Å². The van der Waals surface area contributed by atoms with Gasteiger partial charge in [0.05, 0.1) is 17.6 Å². The maximum absolute atomic E-state index is 11.7. The molecule has 0 atom stereocenters. The first-order valence-electron chi connectivity index (χ1n) is 5.59. The molecule has 0 radical (unpaired) electrons. The quantitative estimate of drug-likeness (QED) is 0.633. The zero-order valence-corrected chi connectivity index (χ0v) is 10.5. The minimum Gasteiger partial charge on any atom is -0.505 e. The lowest BCUT2D eigenvalue weighted by Gasteiger charge is -2.09. The van der Waals surface area contributed by atoms with Gasteiger partial charge >= 0.3 is 12.0 Å². The van der Waals surface area contributed by atoms with E-state index >= 15 is 0 Å². The lowest BCUT2D eigenvalue weighted by Crippen LogP contribution is -2.19. The molecule has 0 saturated heterocycles. The molecule has 104 valence electrons. The average molecular weight is 276 g/mol. The summed E-state index contributed by atoms with van der Waals surface area (Å²) >= 11 is 0. The summed E-state index contributed by atoms with van der Waals surface area (Å²) in [4.78, 5) is 22.6. The van der Waals surface area contributed by atoms with E-state index in [2.05, 4.69) is 15.7 Å². The third kappa shape index (κ3) is 2.86. The summed E-state index contributed by atoms with van der Waals surface area (Å²) in [5.41, 5.74) is 0.189. The van der Waals surface area contributed by atoms with Crippen molar-refractivity contribution in [3.63, 3.8) is 0 Å². The standard InChI is InChI=1S/C12H12N4O4/c1-16-6-7(5-13-16)14-12(20)15-9-4-2-3-8(10(9)17)11(18)19/h2-6,17H,1H3,(H,18,19)(H2,14,15,20). The zero-order valence-electron chi connectivity index (χ0n) is 10.5. The number of carboxylic acid groups (broad SMARTS) is 1. The van der Waals surface area contributed by atoms with Gasteiger partial charge in [-0.2, -0.15) is 5.10 Å². The second-order valence-corrected chi connectivity index (χ2v) is 3.99. The number of aryl methyl sites for hydroxylation is 1. The number of aromatic carboxylic acids is 1. The van der Waals surface area contributed by atoms with E-state index in [1.54, 1.807) is 13.2 Å². The fraction of sp³-hybridized carbons (Fsp3) is 0.0833. The summed E-state index contributed by atoms with van der Waals surface area (Å²) in [5, 5.41) is 27.3. The van der Waals surface area contributed by atoms with Gasteiger partial charge in [-0.3, -0.25) is 4.68 Å². The molecular weight excluding hydrogens is 264 g/mol. The van der Waals surface area contributed by atoms with Crippen LogP contribution in [0.4, 0.5) is 16.2 Å². The van der Waals surface area contributed by atoms with Gasteiger partial charge in [0.25, 0.3) is 0 Å². The molecule has 2 aromatic rings. The largest absolute Gasteiger partial charge is 0.505 e. The smallest absolute Gasteiger partial charge is 0.339 e. The molecule has 8 nitrogen and oxygen atoms in total. The molecule has 1 aromatic heterocycles. The highest BCUT2D eigenvalue weighted by molar-refractivity contribution is 6.02. The number of amides is 2. The molecule has 2 rings (SSSR count). The Balaban J connectivity index is 2.12. The highest BCUT2D eigenvalue weighted by Gasteiger charge is 2.14. The number of nitrogens with zero attached hydrogens (tertiary/aromatic N) is 2. The Labute approximate surface area is 113 Å². The van der Waals surface area contributed by atoms with Gasteiger partial charge < -0.3 is 20.8 Å². The number of nitrogens with one attached hydrogen (secondary N) is 2. The fourth-order valence-electron chi connectivity index (χ4n) is 1.59.